The SMILES string of the molecule is CCC(C)N(CC(=O)O)C(=O)CCNC1CC1. The molecule has 1 aliphatic carbocycles. The molecule has 1 amide bonds. The topological polar surface area (TPSA) is 69.6 Å². The summed E-state index contributed by atoms with van der Waals surface area (Å²) in [6.07, 6.45) is 3.54. The van der Waals surface area contributed by atoms with Crippen LogP contribution in [0.2, 0.25) is 0 Å². The molecule has 1 unspecified atom stereocenters. The lowest BCUT2D eigenvalue weighted by molar-refractivity contribution is -0.146. The highest BCUT2D eigenvalue weighted by molar-refractivity contribution is 5.81. The Morgan fingerprint density at radius 2 is 2.12 bits per heavy atom. The lowest BCUT2D eigenvalue weighted by Crippen LogP contribution is -2.42. The molecule has 0 bridgehead atoms. The van der Waals surface area contributed by atoms with Crippen molar-refractivity contribution < 1.29 is 14.7 Å². The van der Waals surface area contributed by atoms with Gasteiger partial charge in [0.1, 0.15) is 6.54 Å². The van der Waals surface area contributed by atoms with Gasteiger partial charge >= 0.3 is 5.97 Å². The van der Waals surface area contributed by atoms with Crippen molar-refractivity contribution in [2.75, 3.05) is 13.1 Å². The molecule has 1 atom stereocenters. The minimum absolute atomic E-state index is 0.0143. The molecule has 2 N–H and O–H groups in total. The first-order valence-electron chi connectivity index (χ1n) is 6.29. The lowest BCUT2D eigenvalue weighted by Gasteiger charge is -2.27. The first-order valence-corrected chi connectivity index (χ1v) is 6.29. The van der Waals surface area contributed by atoms with Crippen molar-refractivity contribution in [1.82, 2.24) is 10.2 Å². The summed E-state index contributed by atoms with van der Waals surface area (Å²) in [7, 11) is 0. The molecular formula is C12H22N2O3. The minimum atomic E-state index is -0.950. The maximum atomic E-state index is 11.9. The van der Waals surface area contributed by atoms with Crippen LogP contribution in [0.1, 0.15) is 39.5 Å². The molecule has 0 aromatic rings. The van der Waals surface area contributed by atoms with Gasteiger partial charge in [-0.15, -0.1) is 0 Å². The number of hydrogen-bond donors (Lipinski definition) is 2. The van der Waals surface area contributed by atoms with Gasteiger partial charge < -0.3 is 15.3 Å². The molecule has 0 heterocycles. The third-order valence-electron chi connectivity index (χ3n) is 3.10. The Labute approximate surface area is 102 Å². The van der Waals surface area contributed by atoms with Gasteiger partial charge in [-0.3, -0.25) is 9.59 Å². The van der Waals surface area contributed by atoms with Gasteiger partial charge in [-0.2, -0.15) is 0 Å². The highest BCUT2D eigenvalue weighted by atomic mass is 16.4. The van der Waals surface area contributed by atoms with E-state index in [-0.39, 0.29) is 18.5 Å². The summed E-state index contributed by atoms with van der Waals surface area (Å²) < 4.78 is 0. The number of carboxylic acids is 1. The molecule has 1 aliphatic rings. The number of carbonyl (C=O) groups excluding carboxylic acids is 1. The van der Waals surface area contributed by atoms with Crippen LogP contribution in [0.3, 0.4) is 0 Å². The average molecular weight is 242 g/mol. The van der Waals surface area contributed by atoms with Crippen LogP contribution in [-0.4, -0.2) is 47.1 Å². The standard InChI is InChI=1S/C12H22N2O3/c1-3-9(2)14(8-12(16)17)11(15)6-7-13-10-4-5-10/h9-10,13H,3-8H2,1-2H3,(H,16,17). The lowest BCUT2D eigenvalue weighted by atomic mass is 10.2. The van der Waals surface area contributed by atoms with Gasteiger partial charge in [0.05, 0.1) is 0 Å². The van der Waals surface area contributed by atoms with Gasteiger partial charge in [0.15, 0.2) is 0 Å². The molecule has 0 radical (unpaired) electrons. The van der Waals surface area contributed by atoms with E-state index < -0.39 is 5.97 Å². The molecule has 0 spiro atoms. The van der Waals surface area contributed by atoms with Crippen molar-refractivity contribution in [3.8, 4) is 0 Å². The van der Waals surface area contributed by atoms with Gasteiger partial charge in [0.2, 0.25) is 5.91 Å². The first-order chi connectivity index (χ1) is 8.04. The predicted octanol–water partition coefficient (Wildman–Crippen LogP) is 0.840. The fraction of sp³-hybridized carbons (Fsp3) is 0.833. The van der Waals surface area contributed by atoms with Crippen LogP contribution in [-0.2, 0) is 9.59 Å². The summed E-state index contributed by atoms with van der Waals surface area (Å²) in [6, 6.07) is 0.568. The number of carbonyl (C=O) groups is 2. The number of hydrogen-bond acceptors (Lipinski definition) is 3. The Bertz CT molecular complexity index is 277. The van der Waals surface area contributed by atoms with Crippen LogP contribution >= 0.6 is 0 Å². The van der Waals surface area contributed by atoms with E-state index >= 15 is 0 Å². The summed E-state index contributed by atoms with van der Waals surface area (Å²) >= 11 is 0. The predicted molar refractivity (Wildman–Crippen MR) is 64.7 cm³/mol. The van der Waals surface area contributed by atoms with Crippen molar-refractivity contribution >= 4 is 11.9 Å². The molecule has 17 heavy (non-hydrogen) atoms. The van der Waals surface area contributed by atoms with E-state index in [2.05, 4.69) is 5.32 Å². The Morgan fingerprint density at radius 1 is 1.47 bits per heavy atom. The molecule has 1 rings (SSSR count). The van der Waals surface area contributed by atoms with Gasteiger partial charge in [-0.1, -0.05) is 6.92 Å². The van der Waals surface area contributed by atoms with Gasteiger partial charge in [0.25, 0.3) is 0 Å². The summed E-state index contributed by atoms with van der Waals surface area (Å²) in [5, 5.41) is 12.0. The smallest absolute Gasteiger partial charge is 0.323 e. The van der Waals surface area contributed by atoms with E-state index in [4.69, 9.17) is 5.11 Å². The van der Waals surface area contributed by atoms with Crippen LogP contribution in [0, 0.1) is 0 Å². The Morgan fingerprint density at radius 3 is 2.59 bits per heavy atom. The number of carboxylic acid groups (broad SMARTS) is 1. The highest BCUT2D eigenvalue weighted by Crippen LogP contribution is 2.18. The fourth-order valence-electron chi connectivity index (χ4n) is 1.67. The van der Waals surface area contributed by atoms with Gasteiger partial charge in [-0.05, 0) is 26.2 Å². The number of nitrogens with one attached hydrogen (secondary N) is 1. The largest absolute Gasteiger partial charge is 0.480 e. The Balaban J connectivity index is 2.36. The zero-order valence-electron chi connectivity index (χ0n) is 10.6. The Hall–Kier alpha value is -1.10. The van der Waals surface area contributed by atoms with E-state index in [1.807, 2.05) is 13.8 Å². The van der Waals surface area contributed by atoms with E-state index in [1.54, 1.807) is 0 Å². The van der Waals surface area contributed by atoms with E-state index in [1.165, 1.54) is 17.7 Å². The van der Waals surface area contributed by atoms with Gasteiger partial charge in [0, 0.05) is 25.0 Å². The second-order valence-corrected chi connectivity index (χ2v) is 4.65. The second kappa shape index (κ2) is 6.59. The van der Waals surface area contributed by atoms with Crippen molar-refractivity contribution in [3.05, 3.63) is 0 Å². The second-order valence-electron chi connectivity index (χ2n) is 4.65. The maximum absolute atomic E-state index is 11.9. The van der Waals surface area contributed by atoms with Crippen molar-refractivity contribution in [3.63, 3.8) is 0 Å². The van der Waals surface area contributed by atoms with Crippen LogP contribution in [0.25, 0.3) is 0 Å². The molecule has 5 nitrogen and oxygen atoms in total. The quantitative estimate of drug-likeness (QED) is 0.662. The fourth-order valence-corrected chi connectivity index (χ4v) is 1.67. The first kappa shape index (κ1) is 14.0. The number of aliphatic carboxylic acids is 1. The molecular weight excluding hydrogens is 220 g/mol. The molecule has 0 saturated heterocycles. The number of rotatable bonds is 8. The van der Waals surface area contributed by atoms with Gasteiger partial charge in [-0.25, -0.2) is 0 Å². The molecule has 1 fully saturated rings. The van der Waals surface area contributed by atoms with E-state index in [0.717, 1.165) is 6.42 Å². The normalized spacial score (nSPS) is 16.6. The molecule has 0 aromatic heterocycles. The third kappa shape index (κ3) is 5.17. The molecule has 5 heteroatoms. The van der Waals surface area contributed by atoms with Crippen LogP contribution in [0.5, 0.6) is 0 Å². The molecule has 0 aromatic carbocycles. The van der Waals surface area contributed by atoms with E-state index in [0.29, 0.717) is 19.0 Å². The summed E-state index contributed by atoms with van der Waals surface area (Å²) in [5.74, 6) is -1.02. The third-order valence-corrected chi connectivity index (χ3v) is 3.10. The highest BCUT2D eigenvalue weighted by Gasteiger charge is 2.23. The zero-order chi connectivity index (χ0) is 12.8. The minimum Gasteiger partial charge on any atom is -0.480 e. The maximum Gasteiger partial charge on any atom is 0.323 e. The van der Waals surface area contributed by atoms with Crippen molar-refractivity contribution in [2.24, 2.45) is 0 Å². The van der Waals surface area contributed by atoms with Crippen LogP contribution in [0.15, 0.2) is 0 Å². The average Bonchev–Trinajstić information content (AvgIpc) is 3.08. The van der Waals surface area contributed by atoms with E-state index in [9.17, 15) is 9.59 Å². The number of amides is 1. The molecule has 0 aliphatic heterocycles. The zero-order valence-corrected chi connectivity index (χ0v) is 10.6. The summed E-state index contributed by atoms with van der Waals surface area (Å²) in [5.41, 5.74) is 0. The monoisotopic (exact) mass is 242 g/mol. The number of nitrogens with zero attached hydrogens (tertiary/aromatic N) is 1. The molecule has 98 valence electrons. The molecule has 1 saturated carbocycles. The summed E-state index contributed by atoms with van der Waals surface area (Å²) in [6.45, 7) is 4.29. The van der Waals surface area contributed by atoms with Crippen molar-refractivity contribution in [1.29, 1.82) is 0 Å². The summed E-state index contributed by atoms with van der Waals surface area (Å²) in [4.78, 5) is 24.1. The van der Waals surface area contributed by atoms with Crippen molar-refractivity contribution in [2.45, 2.75) is 51.6 Å². The van der Waals surface area contributed by atoms with Crippen LogP contribution < -0.4 is 5.32 Å². The Kier molecular flexibility index (Phi) is 5.41. The van der Waals surface area contributed by atoms with Crippen LogP contribution in [0.4, 0.5) is 0 Å².